The molecule has 2 amide bonds. The molecule has 2 aromatic carbocycles. The van der Waals surface area contributed by atoms with Crippen LogP contribution in [-0.4, -0.2) is 38.1 Å². The minimum atomic E-state index is -3.96. The second-order valence-corrected chi connectivity index (χ2v) is 7.69. The molecule has 0 fully saturated rings. The summed E-state index contributed by atoms with van der Waals surface area (Å²) in [6.07, 6.45) is 0. The molecule has 0 aliphatic rings. The highest BCUT2D eigenvalue weighted by atomic mass is 32.2. The fourth-order valence-corrected chi connectivity index (χ4v) is 3.28. The normalized spacial score (nSPS) is 11.3. The second-order valence-electron chi connectivity index (χ2n) is 5.64. The minimum Gasteiger partial charge on any atom is -0.326 e. The zero-order chi connectivity index (χ0) is 20.2. The number of carbonyl (C=O) groups is 2. The predicted octanol–water partition coefficient (Wildman–Crippen LogP) is 2.18. The van der Waals surface area contributed by atoms with Crippen LogP contribution in [0.25, 0.3) is 0 Å². The van der Waals surface area contributed by atoms with Gasteiger partial charge < -0.3 is 10.6 Å². The molecule has 0 aliphatic heterocycles. The monoisotopic (exact) mass is 397 g/mol. The quantitative estimate of drug-likeness (QED) is 0.781. The fourth-order valence-electron chi connectivity index (χ4n) is 2.16. The zero-order valence-electron chi connectivity index (χ0n) is 14.5. The summed E-state index contributed by atoms with van der Waals surface area (Å²) in [7, 11) is -2.75. The van der Waals surface area contributed by atoms with Gasteiger partial charge in [-0.05, 0) is 36.4 Å². The Hall–Kier alpha value is -2.85. The highest BCUT2D eigenvalue weighted by molar-refractivity contribution is 7.89. The Kier molecular flexibility index (Phi) is 6.24. The number of amides is 2. The van der Waals surface area contributed by atoms with Crippen LogP contribution in [0.15, 0.2) is 47.4 Å². The summed E-state index contributed by atoms with van der Waals surface area (Å²) in [5.74, 6) is -3.21. The van der Waals surface area contributed by atoms with E-state index in [1.54, 1.807) is 0 Å². The molecule has 0 saturated heterocycles. The van der Waals surface area contributed by atoms with Crippen LogP contribution >= 0.6 is 0 Å². The molecular formula is C17H17F2N3O4S. The Morgan fingerprint density at radius 2 is 1.56 bits per heavy atom. The molecule has 2 rings (SSSR count). The molecule has 0 bridgehead atoms. The largest absolute Gasteiger partial charge is 0.326 e. The van der Waals surface area contributed by atoms with Crippen LogP contribution < -0.4 is 10.6 Å². The number of sulfonamides is 1. The van der Waals surface area contributed by atoms with Gasteiger partial charge in [0.15, 0.2) is 11.6 Å². The van der Waals surface area contributed by atoms with Gasteiger partial charge in [-0.25, -0.2) is 17.2 Å². The maximum Gasteiger partial charge on any atom is 0.243 e. The van der Waals surface area contributed by atoms with Gasteiger partial charge in [0, 0.05) is 31.4 Å². The third kappa shape index (κ3) is 5.31. The number of hydrogen-bond donors (Lipinski definition) is 2. The summed E-state index contributed by atoms with van der Waals surface area (Å²) in [5.41, 5.74) is 0.435. The van der Waals surface area contributed by atoms with Crippen molar-refractivity contribution >= 4 is 33.2 Å². The van der Waals surface area contributed by atoms with E-state index < -0.39 is 34.1 Å². The van der Waals surface area contributed by atoms with Gasteiger partial charge in [-0.1, -0.05) is 0 Å². The van der Waals surface area contributed by atoms with Crippen LogP contribution in [0, 0.1) is 11.6 Å². The summed E-state index contributed by atoms with van der Waals surface area (Å²) in [6, 6.07) is 8.23. The average molecular weight is 397 g/mol. The van der Waals surface area contributed by atoms with Gasteiger partial charge in [-0.2, -0.15) is 4.31 Å². The molecule has 0 heterocycles. The standard InChI is InChI=1S/C17H17F2N3O4S/c1-11(23)20-12-3-6-14(7-4-12)27(25,26)22(2)10-17(24)21-13-5-8-15(18)16(19)9-13/h3-9H,10H2,1-2H3,(H,20,23)(H,21,24). The molecule has 0 atom stereocenters. The van der Waals surface area contributed by atoms with Crippen molar-refractivity contribution in [3.8, 4) is 0 Å². The third-order valence-electron chi connectivity index (χ3n) is 3.45. The summed E-state index contributed by atoms with van der Waals surface area (Å²) in [4.78, 5) is 22.9. The van der Waals surface area contributed by atoms with E-state index in [2.05, 4.69) is 10.6 Å². The van der Waals surface area contributed by atoms with E-state index in [9.17, 15) is 26.8 Å². The van der Waals surface area contributed by atoms with E-state index in [1.807, 2.05) is 0 Å². The molecule has 0 aliphatic carbocycles. The van der Waals surface area contributed by atoms with E-state index in [1.165, 1.54) is 38.2 Å². The Bertz CT molecular complexity index is 963. The molecule has 0 saturated carbocycles. The van der Waals surface area contributed by atoms with Gasteiger partial charge in [-0.3, -0.25) is 9.59 Å². The maximum atomic E-state index is 13.2. The number of benzene rings is 2. The van der Waals surface area contributed by atoms with E-state index >= 15 is 0 Å². The van der Waals surface area contributed by atoms with Crippen LogP contribution in [0.3, 0.4) is 0 Å². The highest BCUT2D eigenvalue weighted by Crippen LogP contribution is 2.18. The number of nitrogens with one attached hydrogen (secondary N) is 2. The first-order valence-electron chi connectivity index (χ1n) is 7.68. The first kappa shape index (κ1) is 20.5. The number of hydrogen-bond acceptors (Lipinski definition) is 4. The smallest absolute Gasteiger partial charge is 0.243 e. The SMILES string of the molecule is CC(=O)Nc1ccc(S(=O)(=O)N(C)CC(=O)Nc2ccc(F)c(F)c2)cc1. The lowest BCUT2D eigenvalue weighted by Crippen LogP contribution is -2.35. The van der Waals surface area contributed by atoms with Gasteiger partial charge in [0.25, 0.3) is 0 Å². The third-order valence-corrected chi connectivity index (χ3v) is 5.27. The number of carbonyl (C=O) groups excluding carboxylic acids is 2. The molecular weight excluding hydrogens is 380 g/mol. The highest BCUT2D eigenvalue weighted by Gasteiger charge is 2.23. The first-order chi connectivity index (χ1) is 12.6. The molecule has 0 radical (unpaired) electrons. The van der Waals surface area contributed by atoms with Crippen molar-refractivity contribution in [3.05, 3.63) is 54.1 Å². The molecule has 2 N–H and O–H groups in total. The van der Waals surface area contributed by atoms with Crippen LogP contribution in [0.5, 0.6) is 0 Å². The van der Waals surface area contributed by atoms with Gasteiger partial charge >= 0.3 is 0 Å². The molecule has 7 nitrogen and oxygen atoms in total. The van der Waals surface area contributed by atoms with Crippen LogP contribution in [0.4, 0.5) is 20.2 Å². The van der Waals surface area contributed by atoms with Crippen molar-refractivity contribution in [1.82, 2.24) is 4.31 Å². The number of rotatable bonds is 6. The molecule has 10 heteroatoms. The summed E-state index contributed by atoms with van der Waals surface area (Å²) < 4.78 is 51.9. The Morgan fingerprint density at radius 3 is 2.11 bits per heavy atom. The molecule has 0 aromatic heterocycles. The number of likely N-dealkylation sites (N-methyl/N-ethyl adjacent to an activating group) is 1. The maximum absolute atomic E-state index is 13.2. The van der Waals surface area contributed by atoms with E-state index in [0.29, 0.717) is 5.69 Å². The number of halogens is 2. The van der Waals surface area contributed by atoms with Crippen molar-refractivity contribution in [2.45, 2.75) is 11.8 Å². The van der Waals surface area contributed by atoms with Gasteiger partial charge in [-0.15, -0.1) is 0 Å². The number of nitrogens with zero attached hydrogens (tertiary/aromatic N) is 1. The average Bonchev–Trinajstić information content (AvgIpc) is 2.58. The van der Waals surface area contributed by atoms with Crippen molar-refractivity contribution in [1.29, 1.82) is 0 Å². The topological polar surface area (TPSA) is 95.6 Å². The first-order valence-corrected chi connectivity index (χ1v) is 9.12. The molecule has 2 aromatic rings. The van der Waals surface area contributed by atoms with Crippen molar-refractivity contribution in [2.75, 3.05) is 24.2 Å². The lowest BCUT2D eigenvalue weighted by Gasteiger charge is -2.17. The van der Waals surface area contributed by atoms with Crippen molar-refractivity contribution in [2.24, 2.45) is 0 Å². The number of anilines is 2. The van der Waals surface area contributed by atoms with E-state index in [-0.39, 0.29) is 16.5 Å². The molecule has 144 valence electrons. The fraction of sp³-hybridized carbons (Fsp3) is 0.176. The molecule has 0 spiro atoms. The van der Waals surface area contributed by atoms with Crippen LogP contribution in [0.1, 0.15) is 6.92 Å². The summed E-state index contributed by atoms with van der Waals surface area (Å²) in [6.45, 7) is 0.790. The Labute approximate surface area is 155 Å². The predicted molar refractivity (Wildman–Crippen MR) is 95.5 cm³/mol. The Balaban J connectivity index is 2.06. The molecule has 27 heavy (non-hydrogen) atoms. The molecule has 0 unspecified atom stereocenters. The summed E-state index contributed by atoms with van der Waals surface area (Å²) >= 11 is 0. The van der Waals surface area contributed by atoms with Gasteiger partial charge in [0.05, 0.1) is 11.4 Å². The van der Waals surface area contributed by atoms with Crippen LogP contribution in [0.2, 0.25) is 0 Å². The second kappa shape index (κ2) is 8.23. The minimum absolute atomic E-state index is 0.00404. The van der Waals surface area contributed by atoms with Gasteiger partial charge in [0.2, 0.25) is 21.8 Å². The Morgan fingerprint density at radius 1 is 0.963 bits per heavy atom. The summed E-state index contributed by atoms with van der Waals surface area (Å²) in [5, 5.41) is 4.81. The van der Waals surface area contributed by atoms with E-state index in [0.717, 1.165) is 22.5 Å². The van der Waals surface area contributed by atoms with Crippen LogP contribution in [-0.2, 0) is 19.6 Å². The van der Waals surface area contributed by atoms with Crippen molar-refractivity contribution < 1.29 is 26.8 Å². The lowest BCUT2D eigenvalue weighted by molar-refractivity contribution is -0.116. The van der Waals surface area contributed by atoms with Crippen molar-refractivity contribution in [3.63, 3.8) is 0 Å². The van der Waals surface area contributed by atoms with Gasteiger partial charge in [0.1, 0.15) is 0 Å². The lowest BCUT2D eigenvalue weighted by atomic mass is 10.3. The zero-order valence-corrected chi connectivity index (χ0v) is 15.3. The van der Waals surface area contributed by atoms with E-state index in [4.69, 9.17) is 0 Å².